The average Bonchev–Trinajstić information content (AvgIpc) is 3.00. The number of halogens is 5. The van der Waals surface area contributed by atoms with Crippen LogP contribution in [-0.2, 0) is 4.74 Å². The van der Waals surface area contributed by atoms with Crippen LogP contribution < -0.4 is 4.74 Å². The van der Waals surface area contributed by atoms with Crippen molar-refractivity contribution in [3.05, 3.63) is 90.5 Å². The van der Waals surface area contributed by atoms with Crippen LogP contribution in [0.15, 0.2) is 79.4 Å². The number of ether oxygens (including phenoxy) is 2. The molecule has 0 heterocycles. The molecule has 0 spiro atoms. The van der Waals surface area contributed by atoms with Gasteiger partial charge in [0.25, 0.3) is 0 Å². The molecule has 0 saturated carbocycles. The summed E-state index contributed by atoms with van der Waals surface area (Å²) < 4.78 is 78.5. The zero-order valence-electron chi connectivity index (χ0n) is 24.3. The number of alkyl halides is 5. The molecule has 1 atom stereocenters. The van der Waals surface area contributed by atoms with Gasteiger partial charge in [0.1, 0.15) is 12.4 Å². The quantitative estimate of drug-likeness (QED) is 0.0749. The second-order valence-corrected chi connectivity index (χ2v) is 10.3. The van der Waals surface area contributed by atoms with E-state index in [2.05, 4.69) is 6.58 Å². The Balaban J connectivity index is 1.85. The van der Waals surface area contributed by atoms with Crippen LogP contribution in [0.2, 0.25) is 0 Å². The van der Waals surface area contributed by atoms with E-state index in [1.165, 1.54) is 36.4 Å². The number of esters is 1. The summed E-state index contributed by atoms with van der Waals surface area (Å²) in [6.45, 7) is 5.92. The van der Waals surface area contributed by atoms with E-state index in [0.717, 1.165) is 24.8 Å². The molecule has 0 bridgehead atoms. The SMILES string of the molecule is C=CCOc1ccc(-c2ccc(C(=O)O)cc2-c2ccc(C(=O)OC(CCCCCCCC)C(F)(F)C(F)(F)F)cc2)cc1. The number of aromatic carboxylic acids is 1. The van der Waals surface area contributed by atoms with Crippen LogP contribution in [0.4, 0.5) is 22.0 Å². The highest BCUT2D eigenvalue weighted by Gasteiger charge is 2.63. The molecular formula is C34H35F5O5. The van der Waals surface area contributed by atoms with Gasteiger partial charge in [-0.25, -0.2) is 9.59 Å². The Labute approximate surface area is 253 Å². The van der Waals surface area contributed by atoms with E-state index < -0.39 is 36.6 Å². The third-order valence-corrected chi connectivity index (χ3v) is 7.08. The maximum absolute atomic E-state index is 14.3. The van der Waals surface area contributed by atoms with Crippen molar-refractivity contribution in [3.63, 3.8) is 0 Å². The third-order valence-electron chi connectivity index (χ3n) is 7.08. The van der Waals surface area contributed by atoms with Crippen LogP contribution in [0.1, 0.15) is 72.6 Å². The molecule has 5 nitrogen and oxygen atoms in total. The number of unbranched alkanes of at least 4 members (excludes halogenated alkanes) is 5. The maximum atomic E-state index is 14.3. The van der Waals surface area contributed by atoms with Crippen LogP contribution in [-0.4, -0.2) is 41.9 Å². The van der Waals surface area contributed by atoms with Gasteiger partial charge in [0.05, 0.1) is 11.1 Å². The predicted octanol–water partition coefficient (Wildman–Crippen LogP) is 9.76. The largest absolute Gasteiger partial charge is 0.490 e. The van der Waals surface area contributed by atoms with Gasteiger partial charge in [0, 0.05) is 0 Å². The third kappa shape index (κ3) is 8.90. The maximum Gasteiger partial charge on any atom is 0.457 e. The standard InChI is InChI=1S/C34H35F5O5/c1-3-5-6-7-8-9-10-30(33(35,36)34(37,38)39)44-32(42)25-13-11-24(12-14-25)29-22-26(31(40)41)17-20-28(29)23-15-18-27(19-16-23)43-21-4-2/h4,11-20,22,30H,2-3,5-10,21H2,1H3,(H,40,41). The fraction of sp³-hybridized carbons (Fsp3) is 0.353. The van der Waals surface area contributed by atoms with Gasteiger partial charge in [-0.3, -0.25) is 0 Å². The molecule has 1 N–H and O–H groups in total. The molecule has 0 fully saturated rings. The smallest absolute Gasteiger partial charge is 0.457 e. The summed E-state index contributed by atoms with van der Waals surface area (Å²) in [7, 11) is 0. The van der Waals surface area contributed by atoms with Gasteiger partial charge >= 0.3 is 24.0 Å². The molecule has 3 rings (SSSR count). The van der Waals surface area contributed by atoms with E-state index in [1.807, 2.05) is 6.92 Å². The molecule has 10 heteroatoms. The first-order valence-electron chi connectivity index (χ1n) is 14.4. The number of benzene rings is 3. The van der Waals surface area contributed by atoms with Crippen molar-refractivity contribution in [1.29, 1.82) is 0 Å². The molecule has 236 valence electrons. The lowest BCUT2D eigenvalue weighted by Gasteiger charge is -2.28. The summed E-state index contributed by atoms with van der Waals surface area (Å²) in [5.74, 6) is -7.09. The topological polar surface area (TPSA) is 72.8 Å². The number of carboxylic acid groups (broad SMARTS) is 1. The summed E-state index contributed by atoms with van der Waals surface area (Å²) in [6, 6.07) is 17.0. The second-order valence-electron chi connectivity index (χ2n) is 10.3. The lowest BCUT2D eigenvalue weighted by Crippen LogP contribution is -2.49. The van der Waals surface area contributed by atoms with E-state index in [1.54, 1.807) is 36.4 Å². The van der Waals surface area contributed by atoms with Crippen molar-refractivity contribution >= 4 is 11.9 Å². The summed E-state index contributed by atoms with van der Waals surface area (Å²) in [5, 5.41) is 9.55. The zero-order chi connectivity index (χ0) is 32.3. The van der Waals surface area contributed by atoms with Crippen LogP contribution in [0.5, 0.6) is 5.75 Å². The lowest BCUT2D eigenvalue weighted by molar-refractivity contribution is -0.312. The van der Waals surface area contributed by atoms with E-state index in [-0.39, 0.29) is 17.5 Å². The molecule has 3 aromatic carbocycles. The van der Waals surface area contributed by atoms with Crippen molar-refractivity contribution in [3.8, 4) is 28.0 Å². The highest BCUT2D eigenvalue weighted by atomic mass is 19.4. The first kappa shape index (κ1) is 34.3. The predicted molar refractivity (Wildman–Crippen MR) is 158 cm³/mol. The molecule has 44 heavy (non-hydrogen) atoms. The summed E-state index contributed by atoms with van der Waals surface area (Å²) >= 11 is 0. The van der Waals surface area contributed by atoms with Gasteiger partial charge in [0.15, 0.2) is 6.10 Å². The first-order valence-corrected chi connectivity index (χ1v) is 14.4. The highest BCUT2D eigenvalue weighted by Crippen LogP contribution is 2.41. The summed E-state index contributed by atoms with van der Waals surface area (Å²) in [5.41, 5.74) is 2.15. The minimum Gasteiger partial charge on any atom is -0.490 e. The van der Waals surface area contributed by atoms with E-state index in [9.17, 15) is 36.6 Å². The van der Waals surface area contributed by atoms with Crippen LogP contribution in [0.3, 0.4) is 0 Å². The van der Waals surface area contributed by atoms with Crippen molar-refractivity contribution in [2.45, 2.75) is 70.1 Å². The molecule has 0 saturated heterocycles. The van der Waals surface area contributed by atoms with Gasteiger partial charge in [-0.2, -0.15) is 22.0 Å². The number of carbonyl (C=O) groups excluding carboxylic acids is 1. The minimum atomic E-state index is -5.88. The minimum absolute atomic E-state index is 0.00471. The Kier molecular flexibility index (Phi) is 12.1. The van der Waals surface area contributed by atoms with Gasteiger partial charge in [-0.1, -0.05) is 82.0 Å². The van der Waals surface area contributed by atoms with Crippen LogP contribution in [0.25, 0.3) is 22.3 Å². The molecule has 0 aliphatic rings. The average molecular weight is 619 g/mol. The lowest BCUT2D eigenvalue weighted by atomic mass is 9.92. The Bertz CT molecular complexity index is 1400. The fourth-order valence-corrected chi connectivity index (χ4v) is 4.64. The molecular weight excluding hydrogens is 583 g/mol. The molecule has 0 aliphatic heterocycles. The Morgan fingerprint density at radius 2 is 1.39 bits per heavy atom. The Morgan fingerprint density at radius 1 is 0.818 bits per heavy atom. The molecule has 0 radical (unpaired) electrons. The second kappa shape index (κ2) is 15.5. The van der Waals surface area contributed by atoms with Gasteiger partial charge in [-0.15, -0.1) is 0 Å². The van der Waals surface area contributed by atoms with Crippen molar-refractivity contribution in [1.82, 2.24) is 0 Å². The Morgan fingerprint density at radius 3 is 1.98 bits per heavy atom. The first-order chi connectivity index (χ1) is 20.9. The molecule has 0 aromatic heterocycles. The molecule has 0 amide bonds. The number of carboxylic acids is 1. The summed E-state index contributed by atoms with van der Waals surface area (Å²) in [4.78, 5) is 24.5. The number of rotatable bonds is 16. The fourth-order valence-electron chi connectivity index (χ4n) is 4.64. The number of hydrogen-bond donors (Lipinski definition) is 1. The molecule has 1 unspecified atom stereocenters. The van der Waals surface area contributed by atoms with E-state index in [0.29, 0.717) is 41.9 Å². The normalized spacial score (nSPS) is 12.4. The van der Waals surface area contributed by atoms with Crippen molar-refractivity contribution in [2.24, 2.45) is 0 Å². The van der Waals surface area contributed by atoms with Crippen LogP contribution in [0, 0.1) is 0 Å². The van der Waals surface area contributed by atoms with E-state index in [4.69, 9.17) is 9.47 Å². The van der Waals surface area contributed by atoms with Crippen molar-refractivity contribution in [2.75, 3.05) is 6.61 Å². The van der Waals surface area contributed by atoms with Crippen LogP contribution >= 0.6 is 0 Å². The number of carbonyl (C=O) groups is 2. The number of hydrogen-bond acceptors (Lipinski definition) is 4. The monoisotopic (exact) mass is 618 g/mol. The van der Waals surface area contributed by atoms with Gasteiger partial charge < -0.3 is 14.6 Å². The van der Waals surface area contributed by atoms with Gasteiger partial charge in [-0.05, 0) is 71.5 Å². The van der Waals surface area contributed by atoms with Gasteiger partial charge in [0.2, 0.25) is 0 Å². The van der Waals surface area contributed by atoms with E-state index >= 15 is 0 Å². The zero-order valence-corrected chi connectivity index (χ0v) is 24.3. The Hall–Kier alpha value is -4.21. The molecule has 0 aliphatic carbocycles. The van der Waals surface area contributed by atoms with Crippen molar-refractivity contribution < 1.29 is 46.1 Å². The molecule has 3 aromatic rings. The highest BCUT2D eigenvalue weighted by molar-refractivity contribution is 5.94. The summed E-state index contributed by atoms with van der Waals surface area (Å²) in [6.07, 6.45) is -3.66.